The van der Waals surface area contributed by atoms with E-state index >= 15 is 0 Å². The van der Waals surface area contributed by atoms with Gasteiger partial charge in [0, 0.05) is 18.2 Å². The van der Waals surface area contributed by atoms with Crippen molar-refractivity contribution in [2.75, 3.05) is 6.54 Å². The predicted molar refractivity (Wildman–Crippen MR) is 76.8 cm³/mol. The topological polar surface area (TPSA) is 57.6 Å². The number of rotatable bonds is 2. The number of hydrogen-bond donors (Lipinski definition) is 1. The molecule has 2 unspecified atom stereocenters. The molecule has 4 heteroatoms. The van der Waals surface area contributed by atoms with Crippen molar-refractivity contribution in [3.8, 4) is 0 Å². The van der Waals surface area contributed by atoms with Crippen LogP contribution in [0.15, 0.2) is 18.2 Å². The van der Waals surface area contributed by atoms with Crippen LogP contribution in [0.1, 0.15) is 41.3 Å². The molecule has 1 N–H and O–H groups in total. The molecule has 1 aromatic rings. The van der Waals surface area contributed by atoms with Gasteiger partial charge in [0.15, 0.2) is 0 Å². The fourth-order valence-corrected chi connectivity index (χ4v) is 2.82. The van der Waals surface area contributed by atoms with Crippen LogP contribution in [-0.4, -0.2) is 34.5 Å². The molecule has 0 radical (unpaired) electrons. The van der Waals surface area contributed by atoms with Crippen LogP contribution in [0.2, 0.25) is 0 Å². The molecule has 1 heterocycles. The second-order valence-corrected chi connectivity index (χ2v) is 5.73. The van der Waals surface area contributed by atoms with Crippen molar-refractivity contribution in [2.24, 2.45) is 5.92 Å². The fourth-order valence-electron chi connectivity index (χ4n) is 2.82. The van der Waals surface area contributed by atoms with Gasteiger partial charge in [-0.1, -0.05) is 17.7 Å². The molecule has 0 aliphatic carbocycles. The number of carbonyl (C=O) groups is 2. The van der Waals surface area contributed by atoms with Gasteiger partial charge in [-0.15, -0.1) is 0 Å². The number of benzene rings is 1. The summed E-state index contributed by atoms with van der Waals surface area (Å²) in [5.74, 6) is -1.06. The molecule has 1 aliphatic heterocycles. The first-order valence-corrected chi connectivity index (χ1v) is 7.01. The van der Waals surface area contributed by atoms with Crippen LogP contribution in [0.25, 0.3) is 0 Å². The number of carbonyl (C=O) groups excluding carboxylic acids is 1. The van der Waals surface area contributed by atoms with Gasteiger partial charge in [-0.3, -0.25) is 9.59 Å². The molecule has 0 bridgehead atoms. The summed E-state index contributed by atoms with van der Waals surface area (Å²) < 4.78 is 0. The average Bonchev–Trinajstić information content (AvgIpc) is 2.40. The Morgan fingerprint density at radius 3 is 2.60 bits per heavy atom. The maximum absolute atomic E-state index is 12.6. The van der Waals surface area contributed by atoms with Gasteiger partial charge in [0.1, 0.15) is 0 Å². The van der Waals surface area contributed by atoms with Crippen LogP contribution in [0.4, 0.5) is 0 Å². The predicted octanol–water partition coefficient (Wildman–Crippen LogP) is 2.63. The molecule has 108 valence electrons. The second kappa shape index (κ2) is 5.65. The molecule has 1 aliphatic rings. The molecule has 20 heavy (non-hydrogen) atoms. The van der Waals surface area contributed by atoms with Gasteiger partial charge in [-0.05, 0) is 45.2 Å². The number of amides is 1. The van der Waals surface area contributed by atoms with Crippen molar-refractivity contribution in [2.45, 2.75) is 39.7 Å². The summed E-state index contributed by atoms with van der Waals surface area (Å²) in [6.45, 7) is 6.35. The van der Waals surface area contributed by atoms with E-state index in [2.05, 4.69) is 0 Å². The molecule has 0 saturated carbocycles. The highest BCUT2D eigenvalue weighted by molar-refractivity contribution is 5.96. The number of piperidine rings is 1. The summed E-state index contributed by atoms with van der Waals surface area (Å²) in [4.78, 5) is 25.5. The SMILES string of the molecule is Cc1ccc(C)c(C(=O)N2CCC(C(=O)O)CC2C)c1. The zero-order valence-electron chi connectivity index (χ0n) is 12.2. The third-order valence-electron chi connectivity index (χ3n) is 4.11. The van der Waals surface area contributed by atoms with E-state index in [0.717, 1.165) is 16.7 Å². The molecule has 4 nitrogen and oxygen atoms in total. The molecule has 1 aromatic carbocycles. The standard InChI is InChI=1S/C16H21NO3/c1-10-4-5-11(2)14(8-10)15(18)17-7-6-13(16(19)20)9-12(17)3/h4-5,8,12-13H,6-7,9H2,1-3H3,(H,19,20). The van der Waals surface area contributed by atoms with Crippen LogP contribution >= 0.6 is 0 Å². The van der Waals surface area contributed by atoms with Crippen molar-refractivity contribution < 1.29 is 14.7 Å². The Labute approximate surface area is 119 Å². The molecule has 0 spiro atoms. The van der Waals surface area contributed by atoms with Crippen LogP contribution in [0.3, 0.4) is 0 Å². The monoisotopic (exact) mass is 275 g/mol. The van der Waals surface area contributed by atoms with E-state index in [1.165, 1.54) is 0 Å². The van der Waals surface area contributed by atoms with E-state index in [9.17, 15) is 9.59 Å². The Hall–Kier alpha value is -1.84. The summed E-state index contributed by atoms with van der Waals surface area (Å²) in [7, 11) is 0. The van der Waals surface area contributed by atoms with Crippen LogP contribution in [-0.2, 0) is 4.79 Å². The van der Waals surface area contributed by atoms with Crippen molar-refractivity contribution in [3.63, 3.8) is 0 Å². The van der Waals surface area contributed by atoms with Gasteiger partial charge in [0.25, 0.3) is 5.91 Å². The Kier molecular flexibility index (Phi) is 4.12. The average molecular weight is 275 g/mol. The Morgan fingerprint density at radius 2 is 2.00 bits per heavy atom. The van der Waals surface area contributed by atoms with E-state index in [1.54, 1.807) is 4.90 Å². The van der Waals surface area contributed by atoms with E-state index in [0.29, 0.717) is 19.4 Å². The minimum Gasteiger partial charge on any atom is -0.481 e. The Morgan fingerprint density at radius 1 is 1.30 bits per heavy atom. The first-order valence-electron chi connectivity index (χ1n) is 7.01. The van der Waals surface area contributed by atoms with E-state index in [1.807, 2.05) is 39.0 Å². The van der Waals surface area contributed by atoms with Crippen molar-refractivity contribution in [3.05, 3.63) is 34.9 Å². The van der Waals surface area contributed by atoms with Crippen molar-refractivity contribution in [1.82, 2.24) is 4.90 Å². The minimum atomic E-state index is -0.754. The van der Waals surface area contributed by atoms with Gasteiger partial charge >= 0.3 is 5.97 Å². The van der Waals surface area contributed by atoms with E-state index in [4.69, 9.17) is 5.11 Å². The zero-order valence-corrected chi connectivity index (χ0v) is 12.2. The fraction of sp³-hybridized carbons (Fsp3) is 0.500. The summed E-state index contributed by atoms with van der Waals surface area (Å²) in [6, 6.07) is 5.83. The van der Waals surface area contributed by atoms with Gasteiger partial charge in [-0.25, -0.2) is 0 Å². The lowest BCUT2D eigenvalue weighted by Gasteiger charge is -2.36. The molecule has 2 atom stereocenters. The van der Waals surface area contributed by atoms with Crippen LogP contribution in [0, 0.1) is 19.8 Å². The van der Waals surface area contributed by atoms with Crippen LogP contribution in [0.5, 0.6) is 0 Å². The molecule has 1 amide bonds. The largest absolute Gasteiger partial charge is 0.481 e. The lowest BCUT2D eigenvalue weighted by Crippen LogP contribution is -2.46. The number of nitrogens with zero attached hydrogens (tertiary/aromatic N) is 1. The summed E-state index contributed by atoms with van der Waals surface area (Å²) >= 11 is 0. The maximum atomic E-state index is 12.6. The van der Waals surface area contributed by atoms with Gasteiger partial charge in [0.2, 0.25) is 0 Å². The number of likely N-dealkylation sites (tertiary alicyclic amines) is 1. The molecule has 1 saturated heterocycles. The third kappa shape index (κ3) is 2.84. The highest BCUT2D eigenvalue weighted by atomic mass is 16.4. The highest BCUT2D eigenvalue weighted by Crippen LogP contribution is 2.25. The van der Waals surface area contributed by atoms with Crippen molar-refractivity contribution >= 4 is 11.9 Å². The van der Waals surface area contributed by atoms with Gasteiger partial charge in [-0.2, -0.15) is 0 Å². The normalized spacial score (nSPS) is 22.6. The summed E-state index contributed by atoms with van der Waals surface area (Å²) in [6.07, 6.45) is 1.07. The molecular weight excluding hydrogens is 254 g/mol. The first-order chi connectivity index (χ1) is 9.40. The molecule has 2 rings (SSSR count). The van der Waals surface area contributed by atoms with Crippen molar-refractivity contribution in [1.29, 1.82) is 0 Å². The number of aliphatic carboxylic acids is 1. The smallest absolute Gasteiger partial charge is 0.306 e. The first kappa shape index (κ1) is 14.6. The maximum Gasteiger partial charge on any atom is 0.306 e. The van der Waals surface area contributed by atoms with E-state index in [-0.39, 0.29) is 17.9 Å². The quantitative estimate of drug-likeness (QED) is 0.902. The summed E-state index contributed by atoms with van der Waals surface area (Å²) in [5.41, 5.74) is 2.76. The van der Waals surface area contributed by atoms with E-state index < -0.39 is 5.97 Å². The number of aryl methyl sites for hydroxylation is 2. The molecule has 1 fully saturated rings. The summed E-state index contributed by atoms with van der Waals surface area (Å²) in [5, 5.41) is 9.07. The lowest BCUT2D eigenvalue weighted by molar-refractivity contribution is -0.143. The third-order valence-corrected chi connectivity index (χ3v) is 4.11. The number of carboxylic acids is 1. The number of carboxylic acid groups (broad SMARTS) is 1. The zero-order chi connectivity index (χ0) is 14.9. The van der Waals surface area contributed by atoms with Crippen LogP contribution < -0.4 is 0 Å². The second-order valence-electron chi connectivity index (χ2n) is 5.73. The molecule has 0 aromatic heterocycles. The Bertz CT molecular complexity index is 539. The minimum absolute atomic E-state index is 0.0162. The van der Waals surface area contributed by atoms with Gasteiger partial charge in [0.05, 0.1) is 5.92 Å². The number of hydrogen-bond acceptors (Lipinski definition) is 2. The Balaban J connectivity index is 2.18. The molecular formula is C16H21NO3. The van der Waals surface area contributed by atoms with Gasteiger partial charge < -0.3 is 10.0 Å². The lowest BCUT2D eigenvalue weighted by atomic mass is 9.91. The highest BCUT2D eigenvalue weighted by Gasteiger charge is 2.32.